The van der Waals surface area contributed by atoms with E-state index in [1.807, 2.05) is 57.2 Å². The van der Waals surface area contributed by atoms with Crippen LogP contribution in [0.5, 0.6) is 0 Å². The smallest absolute Gasteiger partial charge is 0.323 e. The molecule has 1 saturated heterocycles. The van der Waals surface area contributed by atoms with Crippen LogP contribution in [0.2, 0.25) is 0 Å². The fraction of sp³-hybridized carbons (Fsp3) is 0.415. The number of anilines is 2. The minimum absolute atomic E-state index is 0.00273. The summed E-state index contributed by atoms with van der Waals surface area (Å²) in [5.74, 6) is -3.40. The number of nitrogens with one attached hydrogen (secondary N) is 5. The highest BCUT2D eigenvalue weighted by molar-refractivity contribution is 6.00. The molecule has 1 aliphatic heterocycles. The number of piperidine rings is 1. The van der Waals surface area contributed by atoms with Crippen molar-refractivity contribution < 1.29 is 39.0 Å². The standard InChI is InChI=1S/C41H52N6O8/c1-26(2)21-31(42-36(49)23-29-13-15-30(16-14-29)43-41(55)46-33-12-8-7-9-27(33)3)24-37(50)44-34(25-38(51)52)39(53)45-35(22-28-10-5-4-6-11-28)40(54)47-19-17-32(48)18-20-47/h4-16,26,31-32,34-35,48H,17-25H2,1-3H3,(H,42,49)(H,44,50)(H,45,53)(H,51,52)(H2,43,46,55)/t31-,34-,35-/m0/s1. The highest BCUT2D eigenvalue weighted by Gasteiger charge is 2.33. The van der Waals surface area contributed by atoms with E-state index in [0.717, 1.165) is 11.1 Å². The first-order chi connectivity index (χ1) is 26.2. The lowest BCUT2D eigenvalue weighted by Crippen LogP contribution is -2.57. The highest BCUT2D eigenvalue weighted by atomic mass is 16.4. The number of carbonyl (C=O) groups excluding carboxylic acids is 5. The third-order valence-electron chi connectivity index (χ3n) is 9.23. The van der Waals surface area contributed by atoms with Gasteiger partial charge in [0, 0.05) is 43.3 Å². The predicted octanol–water partition coefficient (Wildman–Crippen LogP) is 3.77. The molecule has 294 valence electrons. The molecule has 6 amide bonds. The summed E-state index contributed by atoms with van der Waals surface area (Å²) in [5.41, 5.74) is 3.59. The Morgan fingerprint density at radius 3 is 2.04 bits per heavy atom. The molecule has 1 aliphatic rings. The van der Waals surface area contributed by atoms with Gasteiger partial charge in [0.2, 0.25) is 23.6 Å². The van der Waals surface area contributed by atoms with Gasteiger partial charge < -0.3 is 41.7 Å². The van der Waals surface area contributed by atoms with E-state index in [0.29, 0.717) is 49.3 Å². The molecule has 14 heteroatoms. The van der Waals surface area contributed by atoms with Crippen molar-refractivity contribution in [2.24, 2.45) is 5.92 Å². The number of aliphatic hydroxyl groups is 1. The van der Waals surface area contributed by atoms with E-state index in [2.05, 4.69) is 26.6 Å². The molecule has 0 saturated carbocycles. The van der Waals surface area contributed by atoms with Crippen molar-refractivity contribution in [2.45, 2.75) is 89.9 Å². The lowest BCUT2D eigenvalue weighted by Gasteiger charge is -2.33. The third-order valence-corrected chi connectivity index (χ3v) is 9.23. The lowest BCUT2D eigenvalue weighted by molar-refractivity contribution is -0.142. The molecule has 0 aromatic heterocycles. The number of carboxylic acids is 1. The summed E-state index contributed by atoms with van der Waals surface area (Å²) < 4.78 is 0. The molecule has 0 aliphatic carbocycles. The fourth-order valence-corrected chi connectivity index (χ4v) is 6.42. The number of nitrogens with zero attached hydrogens (tertiary/aromatic N) is 1. The molecule has 1 heterocycles. The minimum Gasteiger partial charge on any atom is -0.481 e. The van der Waals surface area contributed by atoms with Gasteiger partial charge in [-0.2, -0.15) is 0 Å². The Balaban J connectivity index is 1.35. The summed E-state index contributed by atoms with van der Waals surface area (Å²) in [6.45, 7) is 6.39. The number of carbonyl (C=O) groups is 6. The molecule has 0 bridgehead atoms. The van der Waals surface area contributed by atoms with Gasteiger partial charge in [0.15, 0.2) is 0 Å². The Morgan fingerprint density at radius 2 is 1.40 bits per heavy atom. The van der Waals surface area contributed by atoms with Gasteiger partial charge in [0.05, 0.1) is 18.9 Å². The average Bonchev–Trinajstić information content (AvgIpc) is 3.12. The van der Waals surface area contributed by atoms with Gasteiger partial charge in [-0.1, -0.05) is 74.5 Å². The molecule has 0 radical (unpaired) electrons. The number of likely N-dealkylation sites (tertiary alicyclic amines) is 1. The van der Waals surface area contributed by atoms with Crippen LogP contribution in [0.15, 0.2) is 78.9 Å². The summed E-state index contributed by atoms with van der Waals surface area (Å²) in [5, 5.41) is 33.2. The molecule has 55 heavy (non-hydrogen) atoms. The maximum Gasteiger partial charge on any atom is 0.323 e. The lowest BCUT2D eigenvalue weighted by atomic mass is 9.99. The number of rotatable bonds is 17. The summed E-state index contributed by atoms with van der Waals surface area (Å²) >= 11 is 0. The van der Waals surface area contributed by atoms with Crippen molar-refractivity contribution in [3.63, 3.8) is 0 Å². The molecule has 3 aromatic rings. The number of aliphatic hydroxyl groups excluding tert-OH is 1. The van der Waals surface area contributed by atoms with Crippen LogP contribution in [-0.4, -0.2) is 88.1 Å². The Hall–Kier alpha value is -5.76. The molecule has 0 unspecified atom stereocenters. The van der Waals surface area contributed by atoms with Gasteiger partial charge >= 0.3 is 12.0 Å². The number of urea groups is 1. The van der Waals surface area contributed by atoms with Crippen LogP contribution in [-0.2, 0) is 36.8 Å². The maximum absolute atomic E-state index is 13.6. The number of aliphatic carboxylic acids is 1. The quantitative estimate of drug-likeness (QED) is 0.108. The number of para-hydroxylation sites is 1. The van der Waals surface area contributed by atoms with Crippen molar-refractivity contribution in [2.75, 3.05) is 23.7 Å². The second-order valence-corrected chi connectivity index (χ2v) is 14.4. The van der Waals surface area contributed by atoms with Crippen LogP contribution in [0.25, 0.3) is 0 Å². The van der Waals surface area contributed by atoms with Crippen LogP contribution in [0.4, 0.5) is 16.2 Å². The van der Waals surface area contributed by atoms with E-state index < -0.39 is 54.5 Å². The van der Waals surface area contributed by atoms with Crippen LogP contribution in [0, 0.1) is 12.8 Å². The summed E-state index contributed by atoms with van der Waals surface area (Å²) in [7, 11) is 0. The average molecular weight is 757 g/mol. The Kier molecular flexibility index (Phi) is 15.7. The molecular weight excluding hydrogens is 704 g/mol. The van der Waals surface area contributed by atoms with E-state index in [1.54, 1.807) is 47.4 Å². The van der Waals surface area contributed by atoms with Gasteiger partial charge in [0.1, 0.15) is 12.1 Å². The van der Waals surface area contributed by atoms with Gasteiger partial charge in [-0.15, -0.1) is 0 Å². The van der Waals surface area contributed by atoms with Gasteiger partial charge in [-0.3, -0.25) is 24.0 Å². The van der Waals surface area contributed by atoms with Crippen molar-refractivity contribution >= 4 is 47.0 Å². The summed E-state index contributed by atoms with van der Waals surface area (Å²) in [6, 6.07) is 19.7. The van der Waals surface area contributed by atoms with Crippen LogP contribution in [0.1, 0.15) is 62.6 Å². The number of hydrogen-bond donors (Lipinski definition) is 7. The number of amides is 6. The Morgan fingerprint density at radius 1 is 0.745 bits per heavy atom. The van der Waals surface area contributed by atoms with E-state index >= 15 is 0 Å². The molecule has 3 atom stereocenters. The third kappa shape index (κ3) is 14.2. The molecular formula is C41H52N6O8. The van der Waals surface area contributed by atoms with Gasteiger partial charge in [0.25, 0.3) is 0 Å². The SMILES string of the molecule is Cc1ccccc1NC(=O)Nc1ccc(CC(=O)N[C@H](CC(=O)N[C@@H](CC(=O)O)C(=O)N[C@@H](Cc2ccccc2)C(=O)N2CCC(O)CC2)CC(C)C)cc1. The van der Waals surface area contributed by atoms with Gasteiger partial charge in [-0.25, -0.2) is 4.79 Å². The number of carboxylic acid groups (broad SMARTS) is 1. The number of hydrogen-bond acceptors (Lipinski definition) is 7. The summed E-state index contributed by atoms with van der Waals surface area (Å²) in [4.78, 5) is 79.5. The second kappa shape index (κ2) is 20.6. The molecule has 3 aromatic carbocycles. The maximum atomic E-state index is 13.6. The largest absolute Gasteiger partial charge is 0.481 e. The first kappa shape index (κ1) is 42.0. The molecule has 14 nitrogen and oxygen atoms in total. The number of aryl methyl sites for hydroxylation is 1. The van der Waals surface area contributed by atoms with E-state index in [-0.39, 0.29) is 37.0 Å². The van der Waals surface area contributed by atoms with Crippen molar-refractivity contribution in [1.82, 2.24) is 20.9 Å². The Labute approximate surface area is 321 Å². The first-order valence-electron chi connectivity index (χ1n) is 18.6. The van der Waals surface area contributed by atoms with Crippen LogP contribution in [0.3, 0.4) is 0 Å². The fourth-order valence-electron chi connectivity index (χ4n) is 6.42. The normalized spacial score (nSPS) is 14.6. The van der Waals surface area contributed by atoms with Crippen LogP contribution >= 0.6 is 0 Å². The van der Waals surface area contributed by atoms with E-state index in [9.17, 15) is 39.0 Å². The molecule has 4 rings (SSSR count). The zero-order valence-electron chi connectivity index (χ0n) is 31.5. The topological polar surface area (TPSA) is 206 Å². The molecule has 7 N–H and O–H groups in total. The van der Waals surface area contributed by atoms with Crippen molar-refractivity contribution in [3.05, 3.63) is 95.6 Å². The van der Waals surface area contributed by atoms with Crippen LogP contribution < -0.4 is 26.6 Å². The van der Waals surface area contributed by atoms with Crippen molar-refractivity contribution in [3.8, 4) is 0 Å². The molecule has 1 fully saturated rings. The first-order valence-corrected chi connectivity index (χ1v) is 18.6. The monoisotopic (exact) mass is 756 g/mol. The Bertz CT molecular complexity index is 1780. The molecule has 0 spiro atoms. The predicted molar refractivity (Wildman–Crippen MR) is 208 cm³/mol. The highest BCUT2D eigenvalue weighted by Crippen LogP contribution is 2.17. The summed E-state index contributed by atoms with van der Waals surface area (Å²) in [6.07, 6.45) is -0.0527. The second-order valence-electron chi connectivity index (χ2n) is 14.4. The minimum atomic E-state index is -1.49. The van der Waals surface area contributed by atoms with E-state index in [4.69, 9.17) is 0 Å². The van der Waals surface area contributed by atoms with E-state index in [1.165, 1.54) is 0 Å². The van der Waals surface area contributed by atoms with Crippen molar-refractivity contribution in [1.29, 1.82) is 0 Å². The zero-order valence-corrected chi connectivity index (χ0v) is 31.5. The number of benzene rings is 3. The van der Waals surface area contributed by atoms with Gasteiger partial charge in [-0.05, 0) is 67.0 Å². The zero-order chi connectivity index (χ0) is 39.9.